The van der Waals surface area contributed by atoms with Gasteiger partial charge in [0.05, 0.1) is 5.92 Å². The van der Waals surface area contributed by atoms with Crippen molar-refractivity contribution in [1.29, 1.82) is 0 Å². The van der Waals surface area contributed by atoms with Gasteiger partial charge >= 0.3 is 6.18 Å². The van der Waals surface area contributed by atoms with Gasteiger partial charge in [-0.2, -0.15) is 13.2 Å². The largest absolute Gasteiger partial charge is 0.396 e. The Balaban J connectivity index is 2.57. The van der Waals surface area contributed by atoms with Gasteiger partial charge in [0.2, 0.25) is 0 Å². The van der Waals surface area contributed by atoms with Crippen LogP contribution in [0.2, 0.25) is 0 Å². The number of hydrogen-bond acceptors (Lipinski definition) is 1. The molecule has 1 nitrogen and oxygen atoms in total. The van der Waals surface area contributed by atoms with E-state index in [9.17, 15) is 13.2 Å². The number of rotatable bonds is 1. The molecular weight excluding hydrogens is 157 g/mol. The molecule has 0 bridgehead atoms. The summed E-state index contributed by atoms with van der Waals surface area (Å²) in [7, 11) is 0. The first-order valence-corrected chi connectivity index (χ1v) is 3.73. The molecular formula is C7H11F3O. The molecule has 11 heavy (non-hydrogen) atoms. The number of alkyl halides is 3. The van der Waals surface area contributed by atoms with Crippen LogP contribution in [-0.4, -0.2) is 17.9 Å². The van der Waals surface area contributed by atoms with Gasteiger partial charge in [0.1, 0.15) is 0 Å². The molecule has 2 atom stereocenters. The van der Waals surface area contributed by atoms with Gasteiger partial charge in [-0.05, 0) is 18.8 Å². The monoisotopic (exact) mass is 168 g/mol. The van der Waals surface area contributed by atoms with Gasteiger partial charge in [-0.15, -0.1) is 0 Å². The van der Waals surface area contributed by atoms with E-state index in [1.165, 1.54) is 0 Å². The predicted molar refractivity (Wildman–Crippen MR) is 34.0 cm³/mol. The Labute approximate surface area is 63.2 Å². The highest BCUT2D eigenvalue weighted by Gasteiger charge is 2.46. The van der Waals surface area contributed by atoms with Crippen LogP contribution >= 0.6 is 0 Å². The smallest absolute Gasteiger partial charge is 0.392 e. The lowest BCUT2D eigenvalue weighted by Crippen LogP contribution is -2.27. The summed E-state index contributed by atoms with van der Waals surface area (Å²) < 4.78 is 36.3. The van der Waals surface area contributed by atoms with Crippen LogP contribution in [0, 0.1) is 11.8 Å². The Morgan fingerprint density at radius 1 is 1.27 bits per heavy atom. The van der Waals surface area contributed by atoms with Crippen LogP contribution in [0.4, 0.5) is 13.2 Å². The fraction of sp³-hybridized carbons (Fsp3) is 1.00. The van der Waals surface area contributed by atoms with Crippen molar-refractivity contribution in [2.24, 2.45) is 11.8 Å². The SMILES string of the molecule is OCC1CCCC1C(F)(F)F. The predicted octanol–water partition coefficient (Wildman–Crippen LogP) is 1.96. The second kappa shape index (κ2) is 3.01. The first-order chi connectivity index (χ1) is 5.05. The summed E-state index contributed by atoms with van der Waals surface area (Å²) in [4.78, 5) is 0. The highest BCUT2D eigenvalue weighted by atomic mass is 19.4. The van der Waals surface area contributed by atoms with Crippen LogP contribution in [-0.2, 0) is 0 Å². The third-order valence-corrected chi connectivity index (χ3v) is 2.31. The molecule has 0 aliphatic heterocycles. The molecule has 0 spiro atoms. The number of hydrogen-bond donors (Lipinski definition) is 1. The highest BCUT2D eigenvalue weighted by Crippen LogP contribution is 2.42. The quantitative estimate of drug-likeness (QED) is 0.634. The lowest BCUT2D eigenvalue weighted by atomic mass is 9.97. The van der Waals surface area contributed by atoms with E-state index in [-0.39, 0.29) is 13.0 Å². The number of aliphatic hydroxyl groups is 1. The molecule has 0 aromatic heterocycles. The molecule has 2 unspecified atom stereocenters. The average molecular weight is 168 g/mol. The van der Waals surface area contributed by atoms with Gasteiger partial charge < -0.3 is 5.11 Å². The Bertz CT molecular complexity index is 132. The minimum absolute atomic E-state index is 0.189. The van der Waals surface area contributed by atoms with Gasteiger partial charge in [-0.25, -0.2) is 0 Å². The summed E-state index contributed by atoms with van der Waals surface area (Å²) >= 11 is 0. The maximum absolute atomic E-state index is 12.1. The lowest BCUT2D eigenvalue weighted by Gasteiger charge is -2.19. The standard InChI is InChI=1S/C7H11F3O/c8-7(9,10)6-3-1-2-5(6)4-11/h5-6,11H,1-4H2. The number of halogens is 3. The zero-order valence-corrected chi connectivity index (χ0v) is 6.06. The van der Waals surface area contributed by atoms with Gasteiger partial charge in [0.15, 0.2) is 0 Å². The molecule has 1 rings (SSSR count). The summed E-state index contributed by atoms with van der Waals surface area (Å²) in [5.74, 6) is -1.80. The topological polar surface area (TPSA) is 20.2 Å². The van der Waals surface area contributed by atoms with Crippen LogP contribution in [0.1, 0.15) is 19.3 Å². The Hall–Kier alpha value is -0.250. The van der Waals surface area contributed by atoms with Crippen LogP contribution in [0.3, 0.4) is 0 Å². The Morgan fingerprint density at radius 3 is 2.27 bits per heavy atom. The van der Waals surface area contributed by atoms with Crippen molar-refractivity contribution in [3.63, 3.8) is 0 Å². The number of aliphatic hydroxyl groups excluding tert-OH is 1. The van der Waals surface area contributed by atoms with E-state index >= 15 is 0 Å². The average Bonchev–Trinajstić information content (AvgIpc) is 2.31. The molecule has 66 valence electrons. The summed E-state index contributed by atoms with van der Waals surface area (Å²) in [6.07, 6.45) is -2.81. The maximum atomic E-state index is 12.1. The molecule has 1 N–H and O–H groups in total. The molecule has 1 saturated carbocycles. The van der Waals surface area contributed by atoms with Crippen LogP contribution in [0.25, 0.3) is 0 Å². The minimum atomic E-state index is -4.11. The summed E-state index contributed by atoms with van der Waals surface area (Å²) in [6, 6.07) is 0. The molecule has 0 heterocycles. The fourth-order valence-corrected chi connectivity index (χ4v) is 1.69. The molecule has 0 aromatic carbocycles. The van der Waals surface area contributed by atoms with E-state index in [0.717, 1.165) is 0 Å². The van der Waals surface area contributed by atoms with E-state index < -0.39 is 18.0 Å². The van der Waals surface area contributed by atoms with Crippen LogP contribution < -0.4 is 0 Å². The van der Waals surface area contributed by atoms with E-state index in [0.29, 0.717) is 12.8 Å². The van der Waals surface area contributed by atoms with Crippen molar-refractivity contribution in [2.45, 2.75) is 25.4 Å². The van der Waals surface area contributed by atoms with E-state index in [2.05, 4.69) is 0 Å². The summed E-state index contributed by atoms with van der Waals surface area (Å²) in [6.45, 7) is -0.329. The van der Waals surface area contributed by atoms with Crippen molar-refractivity contribution in [2.75, 3.05) is 6.61 Å². The second-order valence-corrected chi connectivity index (χ2v) is 3.02. The van der Waals surface area contributed by atoms with Crippen molar-refractivity contribution in [3.8, 4) is 0 Å². The Kier molecular flexibility index (Phi) is 2.42. The third-order valence-electron chi connectivity index (χ3n) is 2.31. The van der Waals surface area contributed by atoms with E-state index in [4.69, 9.17) is 5.11 Å². The van der Waals surface area contributed by atoms with E-state index in [1.807, 2.05) is 0 Å². The zero-order valence-electron chi connectivity index (χ0n) is 6.06. The highest BCUT2D eigenvalue weighted by molar-refractivity contribution is 4.81. The zero-order chi connectivity index (χ0) is 8.48. The van der Waals surface area contributed by atoms with E-state index in [1.54, 1.807) is 0 Å². The van der Waals surface area contributed by atoms with Crippen molar-refractivity contribution in [1.82, 2.24) is 0 Å². The molecule has 0 amide bonds. The van der Waals surface area contributed by atoms with Gasteiger partial charge in [-0.1, -0.05) is 6.42 Å². The molecule has 0 saturated heterocycles. The minimum Gasteiger partial charge on any atom is -0.396 e. The van der Waals surface area contributed by atoms with Gasteiger partial charge in [0.25, 0.3) is 0 Å². The van der Waals surface area contributed by atoms with Gasteiger partial charge in [0, 0.05) is 6.61 Å². The Morgan fingerprint density at radius 2 is 1.91 bits per heavy atom. The molecule has 0 radical (unpaired) electrons. The lowest BCUT2D eigenvalue weighted by molar-refractivity contribution is -0.186. The van der Waals surface area contributed by atoms with Crippen LogP contribution in [0.5, 0.6) is 0 Å². The van der Waals surface area contributed by atoms with Gasteiger partial charge in [-0.3, -0.25) is 0 Å². The summed E-state index contributed by atoms with van der Waals surface area (Å²) in [5.41, 5.74) is 0. The first-order valence-electron chi connectivity index (χ1n) is 3.73. The normalized spacial score (nSPS) is 32.7. The molecule has 4 heteroatoms. The summed E-state index contributed by atoms with van der Waals surface area (Å²) in [5, 5.41) is 8.60. The van der Waals surface area contributed by atoms with Crippen molar-refractivity contribution in [3.05, 3.63) is 0 Å². The third kappa shape index (κ3) is 1.86. The van der Waals surface area contributed by atoms with Crippen molar-refractivity contribution < 1.29 is 18.3 Å². The van der Waals surface area contributed by atoms with Crippen molar-refractivity contribution >= 4 is 0 Å². The fourth-order valence-electron chi connectivity index (χ4n) is 1.69. The molecule has 1 fully saturated rings. The maximum Gasteiger partial charge on any atom is 0.392 e. The first kappa shape index (κ1) is 8.84. The second-order valence-electron chi connectivity index (χ2n) is 3.02. The molecule has 0 aromatic rings. The molecule has 1 aliphatic carbocycles. The van der Waals surface area contributed by atoms with Crippen LogP contribution in [0.15, 0.2) is 0 Å². The molecule has 1 aliphatic rings.